The zero-order valence-corrected chi connectivity index (χ0v) is 12.0. The average molecular weight is 287 g/mol. The largest absolute Gasteiger partial charge is 0.481 e. The Morgan fingerprint density at radius 2 is 2.05 bits per heavy atom. The van der Waals surface area contributed by atoms with Gasteiger partial charge in [0.1, 0.15) is 0 Å². The van der Waals surface area contributed by atoms with Gasteiger partial charge in [-0.3, -0.25) is 4.79 Å². The number of hydrogen-bond acceptors (Lipinski definition) is 3. The van der Waals surface area contributed by atoms with Crippen molar-refractivity contribution in [1.82, 2.24) is 4.98 Å². The van der Waals surface area contributed by atoms with E-state index in [2.05, 4.69) is 12.1 Å². The summed E-state index contributed by atoms with van der Waals surface area (Å²) in [4.78, 5) is 16.7. The maximum absolute atomic E-state index is 10.8. The summed E-state index contributed by atoms with van der Waals surface area (Å²) in [5.74, 6) is -0.149. The standard InChI is InChI=1S/C16H17NO2S/c18-15(19)9-8-13-16(12-6-7-12)17-14(20-13)10-11-4-2-1-3-5-11/h1-5,12H,6-10H2,(H,18,19). The molecule has 0 saturated heterocycles. The minimum absolute atomic E-state index is 0.201. The van der Waals surface area contributed by atoms with Gasteiger partial charge in [-0.2, -0.15) is 0 Å². The molecule has 1 heterocycles. The molecule has 3 rings (SSSR count). The van der Waals surface area contributed by atoms with Gasteiger partial charge in [0, 0.05) is 17.2 Å². The van der Waals surface area contributed by atoms with Gasteiger partial charge < -0.3 is 5.11 Å². The fourth-order valence-corrected chi connectivity index (χ4v) is 3.52. The monoisotopic (exact) mass is 287 g/mol. The second-order valence-electron chi connectivity index (χ2n) is 5.25. The second-order valence-corrected chi connectivity index (χ2v) is 6.41. The van der Waals surface area contributed by atoms with Crippen LogP contribution in [0.2, 0.25) is 0 Å². The molecule has 20 heavy (non-hydrogen) atoms. The Bertz CT molecular complexity index is 602. The van der Waals surface area contributed by atoms with Gasteiger partial charge in [0.05, 0.1) is 17.1 Å². The van der Waals surface area contributed by atoms with Gasteiger partial charge in [-0.25, -0.2) is 4.98 Å². The number of thiazole rings is 1. The lowest BCUT2D eigenvalue weighted by atomic mass is 10.1. The maximum atomic E-state index is 10.8. The van der Waals surface area contributed by atoms with Crippen molar-refractivity contribution in [3.8, 4) is 0 Å². The molecule has 1 N–H and O–H groups in total. The van der Waals surface area contributed by atoms with Gasteiger partial charge >= 0.3 is 5.97 Å². The number of carboxylic acid groups (broad SMARTS) is 1. The van der Waals surface area contributed by atoms with Crippen LogP contribution >= 0.6 is 11.3 Å². The van der Waals surface area contributed by atoms with Crippen molar-refractivity contribution < 1.29 is 9.90 Å². The highest BCUT2D eigenvalue weighted by molar-refractivity contribution is 7.11. The summed E-state index contributed by atoms with van der Waals surface area (Å²) in [5, 5.41) is 9.96. The number of rotatable bonds is 6. The summed E-state index contributed by atoms with van der Waals surface area (Å²) in [6.45, 7) is 0. The van der Waals surface area contributed by atoms with Crippen molar-refractivity contribution in [2.75, 3.05) is 0 Å². The smallest absolute Gasteiger partial charge is 0.303 e. The van der Waals surface area contributed by atoms with E-state index in [0.717, 1.165) is 11.4 Å². The summed E-state index contributed by atoms with van der Waals surface area (Å²) in [6.07, 6.45) is 4.07. The quantitative estimate of drug-likeness (QED) is 0.882. The van der Waals surface area contributed by atoms with Crippen molar-refractivity contribution in [3.05, 3.63) is 51.5 Å². The summed E-state index contributed by atoms with van der Waals surface area (Å²) in [6, 6.07) is 10.3. The van der Waals surface area contributed by atoms with Crippen LogP contribution in [-0.2, 0) is 17.6 Å². The lowest BCUT2D eigenvalue weighted by Crippen LogP contribution is -1.98. The number of carbonyl (C=O) groups is 1. The fourth-order valence-electron chi connectivity index (χ4n) is 2.34. The van der Waals surface area contributed by atoms with Gasteiger partial charge in [0.2, 0.25) is 0 Å². The highest BCUT2D eigenvalue weighted by Crippen LogP contribution is 2.43. The van der Waals surface area contributed by atoms with Crippen molar-refractivity contribution in [2.45, 2.75) is 38.0 Å². The number of aryl methyl sites for hydroxylation is 1. The molecular weight excluding hydrogens is 270 g/mol. The van der Waals surface area contributed by atoms with Crippen molar-refractivity contribution >= 4 is 17.3 Å². The molecule has 0 spiro atoms. The first kappa shape index (κ1) is 13.3. The molecule has 1 saturated carbocycles. The second kappa shape index (κ2) is 5.75. The average Bonchev–Trinajstić information content (AvgIpc) is 3.20. The van der Waals surface area contributed by atoms with Gasteiger partial charge in [0.15, 0.2) is 0 Å². The first-order valence-electron chi connectivity index (χ1n) is 6.96. The first-order chi connectivity index (χ1) is 9.72. The zero-order valence-electron chi connectivity index (χ0n) is 11.2. The topological polar surface area (TPSA) is 50.2 Å². The van der Waals surface area contributed by atoms with E-state index in [1.807, 2.05) is 18.2 Å². The molecule has 0 aliphatic heterocycles. The Morgan fingerprint density at radius 3 is 2.70 bits per heavy atom. The number of aromatic nitrogens is 1. The molecule has 0 atom stereocenters. The molecule has 0 radical (unpaired) electrons. The normalized spacial score (nSPS) is 14.4. The van der Waals surface area contributed by atoms with Crippen LogP contribution in [0.15, 0.2) is 30.3 Å². The van der Waals surface area contributed by atoms with Gasteiger partial charge in [-0.15, -0.1) is 11.3 Å². The van der Waals surface area contributed by atoms with Crippen molar-refractivity contribution in [3.63, 3.8) is 0 Å². The molecule has 1 aliphatic carbocycles. The summed E-state index contributed by atoms with van der Waals surface area (Å²) in [5.41, 5.74) is 2.43. The maximum Gasteiger partial charge on any atom is 0.303 e. The van der Waals surface area contributed by atoms with E-state index < -0.39 is 5.97 Å². The van der Waals surface area contributed by atoms with Gasteiger partial charge in [-0.1, -0.05) is 30.3 Å². The molecule has 1 aliphatic rings. The first-order valence-corrected chi connectivity index (χ1v) is 7.78. The van der Waals surface area contributed by atoms with E-state index in [1.54, 1.807) is 11.3 Å². The van der Waals surface area contributed by atoms with Gasteiger partial charge in [-0.05, 0) is 24.8 Å². The SMILES string of the molecule is O=C(O)CCc1sc(Cc2ccccc2)nc1C1CC1. The van der Waals surface area contributed by atoms with E-state index in [0.29, 0.717) is 12.3 Å². The predicted molar refractivity (Wildman–Crippen MR) is 79.3 cm³/mol. The zero-order chi connectivity index (χ0) is 13.9. The van der Waals surface area contributed by atoms with Crippen LogP contribution in [0.4, 0.5) is 0 Å². The number of benzene rings is 1. The highest BCUT2D eigenvalue weighted by atomic mass is 32.1. The van der Waals surface area contributed by atoms with Crippen LogP contribution < -0.4 is 0 Å². The van der Waals surface area contributed by atoms with E-state index in [9.17, 15) is 4.79 Å². The Labute approximate surface area is 122 Å². The molecule has 2 aromatic rings. The molecule has 3 nitrogen and oxygen atoms in total. The van der Waals surface area contributed by atoms with E-state index in [4.69, 9.17) is 10.1 Å². The number of carboxylic acids is 1. The Hall–Kier alpha value is -1.68. The Balaban J connectivity index is 1.78. The number of hydrogen-bond donors (Lipinski definition) is 1. The van der Waals surface area contributed by atoms with Crippen LogP contribution in [0.25, 0.3) is 0 Å². The molecule has 0 bridgehead atoms. The molecule has 1 aromatic carbocycles. The van der Waals surface area contributed by atoms with Crippen molar-refractivity contribution in [2.24, 2.45) is 0 Å². The van der Waals surface area contributed by atoms with E-state index in [1.165, 1.54) is 29.0 Å². The number of aliphatic carboxylic acids is 1. The van der Waals surface area contributed by atoms with Gasteiger partial charge in [0.25, 0.3) is 0 Å². The molecular formula is C16H17NO2S. The third-order valence-corrected chi connectivity index (χ3v) is 4.63. The predicted octanol–water partition coefficient (Wildman–Crippen LogP) is 3.63. The lowest BCUT2D eigenvalue weighted by Gasteiger charge is -1.97. The summed E-state index contributed by atoms with van der Waals surface area (Å²) < 4.78 is 0. The van der Waals surface area contributed by atoms with Crippen LogP contribution in [0.5, 0.6) is 0 Å². The molecule has 1 aromatic heterocycles. The molecule has 0 unspecified atom stereocenters. The van der Waals surface area contributed by atoms with Crippen LogP contribution in [0.3, 0.4) is 0 Å². The summed E-state index contributed by atoms with van der Waals surface area (Å²) in [7, 11) is 0. The van der Waals surface area contributed by atoms with E-state index >= 15 is 0 Å². The highest BCUT2D eigenvalue weighted by Gasteiger charge is 2.29. The van der Waals surface area contributed by atoms with Crippen molar-refractivity contribution in [1.29, 1.82) is 0 Å². The molecule has 104 valence electrons. The van der Waals surface area contributed by atoms with E-state index in [-0.39, 0.29) is 6.42 Å². The molecule has 1 fully saturated rings. The fraction of sp³-hybridized carbons (Fsp3) is 0.375. The molecule has 4 heteroatoms. The molecule has 0 amide bonds. The number of nitrogens with zero attached hydrogens (tertiary/aromatic N) is 1. The van der Waals surface area contributed by atoms with Crippen LogP contribution in [0.1, 0.15) is 46.3 Å². The van der Waals surface area contributed by atoms with Crippen LogP contribution in [-0.4, -0.2) is 16.1 Å². The summed E-state index contributed by atoms with van der Waals surface area (Å²) >= 11 is 1.69. The minimum atomic E-state index is -0.732. The lowest BCUT2D eigenvalue weighted by molar-refractivity contribution is -0.136. The Morgan fingerprint density at radius 1 is 1.30 bits per heavy atom. The minimum Gasteiger partial charge on any atom is -0.481 e. The van der Waals surface area contributed by atoms with Crippen LogP contribution in [0, 0.1) is 0 Å². The third kappa shape index (κ3) is 3.25. The Kier molecular flexibility index (Phi) is 3.83. The third-order valence-electron chi connectivity index (χ3n) is 3.50.